The Hall–Kier alpha value is -1.64. The second-order valence-corrected chi connectivity index (χ2v) is 9.18. The predicted molar refractivity (Wildman–Crippen MR) is 102 cm³/mol. The number of ether oxygens (including phenoxy) is 2. The molecule has 2 heterocycles. The van der Waals surface area contributed by atoms with Gasteiger partial charge in [-0.2, -0.15) is 0 Å². The van der Waals surface area contributed by atoms with Gasteiger partial charge in [0.25, 0.3) is 5.91 Å². The van der Waals surface area contributed by atoms with Crippen molar-refractivity contribution in [3.8, 4) is 5.75 Å². The Morgan fingerprint density at radius 2 is 2.04 bits per heavy atom. The lowest BCUT2D eigenvalue weighted by atomic mass is 9.97. The fourth-order valence-electron chi connectivity index (χ4n) is 3.53. The van der Waals surface area contributed by atoms with Crippen molar-refractivity contribution in [2.24, 2.45) is 5.92 Å². The maximum absolute atomic E-state index is 12.8. The molecule has 3 rings (SSSR count). The molecule has 0 saturated carbocycles. The van der Waals surface area contributed by atoms with Gasteiger partial charge in [0, 0.05) is 31.8 Å². The van der Waals surface area contributed by atoms with Crippen molar-refractivity contribution in [3.63, 3.8) is 0 Å². The molecule has 1 aromatic rings. The average Bonchev–Trinajstić information content (AvgIpc) is 3.18. The van der Waals surface area contributed by atoms with E-state index in [0.29, 0.717) is 31.8 Å². The molecular formula is C19H28N2O5S. The van der Waals surface area contributed by atoms with Gasteiger partial charge in [-0.1, -0.05) is 0 Å². The SMILES string of the molecule is CS(=O)(=O)NC[C@H]1CCCN(C(=O)c2ccc(OC[C@@H]3CCCO3)cc2)C1. The van der Waals surface area contributed by atoms with E-state index in [4.69, 9.17) is 9.47 Å². The summed E-state index contributed by atoms with van der Waals surface area (Å²) in [6.07, 6.45) is 5.23. The van der Waals surface area contributed by atoms with Gasteiger partial charge in [0.2, 0.25) is 10.0 Å². The highest BCUT2D eigenvalue weighted by Crippen LogP contribution is 2.21. The maximum Gasteiger partial charge on any atom is 0.253 e. The van der Waals surface area contributed by atoms with Crippen LogP contribution in [0.2, 0.25) is 0 Å². The van der Waals surface area contributed by atoms with Gasteiger partial charge in [-0.3, -0.25) is 4.79 Å². The first-order chi connectivity index (χ1) is 12.9. The molecule has 0 spiro atoms. The summed E-state index contributed by atoms with van der Waals surface area (Å²) in [5, 5.41) is 0. The molecule has 150 valence electrons. The van der Waals surface area contributed by atoms with E-state index in [1.54, 1.807) is 17.0 Å². The summed E-state index contributed by atoms with van der Waals surface area (Å²) >= 11 is 0. The van der Waals surface area contributed by atoms with Crippen LogP contribution in [0.25, 0.3) is 0 Å². The largest absolute Gasteiger partial charge is 0.491 e. The van der Waals surface area contributed by atoms with Gasteiger partial charge in [-0.15, -0.1) is 0 Å². The van der Waals surface area contributed by atoms with Gasteiger partial charge >= 0.3 is 0 Å². The molecule has 27 heavy (non-hydrogen) atoms. The third kappa shape index (κ3) is 6.19. The van der Waals surface area contributed by atoms with Gasteiger partial charge in [-0.05, 0) is 55.9 Å². The van der Waals surface area contributed by atoms with Gasteiger partial charge < -0.3 is 14.4 Å². The highest BCUT2D eigenvalue weighted by atomic mass is 32.2. The molecule has 7 nitrogen and oxygen atoms in total. The van der Waals surface area contributed by atoms with E-state index in [0.717, 1.165) is 44.3 Å². The van der Waals surface area contributed by atoms with E-state index in [1.807, 2.05) is 12.1 Å². The molecule has 0 aliphatic carbocycles. The number of benzene rings is 1. The zero-order valence-electron chi connectivity index (χ0n) is 15.7. The number of carbonyl (C=O) groups is 1. The highest BCUT2D eigenvalue weighted by molar-refractivity contribution is 7.88. The number of hydrogen-bond acceptors (Lipinski definition) is 5. The molecule has 8 heteroatoms. The molecule has 1 aromatic carbocycles. The predicted octanol–water partition coefficient (Wildman–Crippen LogP) is 1.65. The fourth-order valence-corrected chi connectivity index (χ4v) is 4.07. The minimum absolute atomic E-state index is 0.0234. The highest BCUT2D eigenvalue weighted by Gasteiger charge is 2.25. The number of nitrogens with one attached hydrogen (secondary N) is 1. The smallest absolute Gasteiger partial charge is 0.253 e. The first-order valence-corrected chi connectivity index (χ1v) is 11.4. The van der Waals surface area contributed by atoms with Gasteiger partial charge in [0.1, 0.15) is 12.4 Å². The number of piperidine rings is 1. The van der Waals surface area contributed by atoms with Crippen LogP contribution >= 0.6 is 0 Å². The van der Waals surface area contributed by atoms with Crippen LogP contribution in [0, 0.1) is 5.92 Å². The lowest BCUT2D eigenvalue weighted by molar-refractivity contribution is 0.0669. The second-order valence-electron chi connectivity index (χ2n) is 7.35. The summed E-state index contributed by atoms with van der Waals surface area (Å²) in [6.45, 7) is 2.98. The zero-order chi connectivity index (χ0) is 19.3. The summed E-state index contributed by atoms with van der Waals surface area (Å²) in [5.74, 6) is 0.854. The van der Waals surface area contributed by atoms with Crippen LogP contribution < -0.4 is 9.46 Å². The Morgan fingerprint density at radius 3 is 2.70 bits per heavy atom. The van der Waals surface area contributed by atoms with Crippen LogP contribution in [0.4, 0.5) is 0 Å². The number of hydrogen-bond donors (Lipinski definition) is 1. The number of rotatable bonds is 7. The first-order valence-electron chi connectivity index (χ1n) is 9.49. The average molecular weight is 397 g/mol. The molecule has 0 radical (unpaired) electrons. The molecule has 2 fully saturated rings. The minimum atomic E-state index is -3.21. The zero-order valence-corrected chi connectivity index (χ0v) is 16.5. The third-order valence-electron chi connectivity index (χ3n) is 5.00. The molecule has 2 aliphatic rings. The van der Waals surface area contributed by atoms with Crippen molar-refractivity contribution in [2.45, 2.75) is 31.8 Å². The molecule has 0 aromatic heterocycles. The molecule has 2 aliphatic heterocycles. The molecule has 1 N–H and O–H groups in total. The van der Waals surface area contributed by atoms with E-state index in [9.17, 15) is 13.2 Å². The third-order valence-corrected chi connectivity index (χ3v) is 5.69. The van der Waals surface area contributed by atoms with E-state index in [-0.39, 0.29) is 17.9 Å². The van der Waals surface area contributed by atoms with Crippen LogP contribution in [-0.4, -0.2) is 64.4 Å². The monoisotopic (exact) mass is 396 g/mol. The Balaban J connectivity index is 1.51. The lowest BCUT2D eigenvalue weighted by Gasteiger charge is -2.32. The summed E-state index contributed by atoms with van der Waals surface area (Å²) in [5.41, 5.74) is 0.621. The number of amides is 1. The minimum Gasteiger partial charge on any atom is -0.491 e. The Morgan fingerprint density at radius 1 is 1.26 bits per heavy atom. The van der Waals surface area contributed by atoms with Crippen molar-refractivity contribution in [1.29, 1.82) is 0 Å². The second kappa shape index (κ2) is 9.03. The Labute approximate surface area is 161 Å². The normalized spacial score (nSPS) is 23.4. The number of likely N-dealkylation sites (tertiary alicyclic amines) is 1. The van der Waals surface area contributed by atoms with E-state index in [1.165, 1.54) is 0 Å². The number of nitrogens with zero attached hydrogens (tertiary/aromatic N) is 1. The van der Waals surface area contributed by atoms with Gasteiger partial charge in [0.15, 0.2) is 0 Å². The molecule has 0 unspecified atom stereocenters. The standard InChI is InChI=1S/C19H28N2O5S/c1-27(23,24)20-12-15-4-2-10-21(13-15)19(22)16-6-8-17(9-7-16)26-14-18-5-3-11-25-18/h6-9,15,18,20H,2-5,10-14H2,1H3/t15-,18+/m1/s1. The van der Waals surface area contributed by atoms with E-state index in [2.05, 4.69) is 4.72 Å². The molecule has 1 amide bonds. The van der Waals surface area contributed by atoms with Crippen molar-refractivity contribution < 1.29 is 22.7 Å². The van der Waals surface area contributed by atoms with Crippen molar-refractivity contribution in [2.75, 3.05) is 39.1 Å². The quantitative estimate of drug-likeness (QED) is 0.757. The van der Waals surface area contributed by atoms with Crippen molar-refractivity contribution in [3.05, 3.63) is 29.8 Å². The lowest BCUT2D eigenvalue weighted by Crippen LogP contribution is -2.43. The Kier molecular flexibility index (Phi) is 6.73. The topological polar surface area (TPSA) is 84.9 Å². The van der Waals surface area contributed by atoms with Crippen LogP contribution in [0.15, 0.2) is 24.3 Å². The fraction of sp³-hybridized carbons (Fsp3) is 0.632. The van der Waals surface area contributed by atoms with Crippen LogP contribution in [0.5, 0.6) is 5.75 Å². The van der Waals surface area contributed by atoms with Crippen molar-refractivity contribution in [1.82, 2.24) is 9.62 Å². The summed E-state index contributed by atoms with van der Waals surface area (Å²) < 4.78 is 36.4. The van der Waals surface area contributed by atoms with Gasteiger partial charge in [-0.25, -0.2) is 13.1 Å². The van der Waals surface area contributed by atoms with Crippen molar-refractivity contribution >= 4 is 15.9 Å². The summed E-state index contributed by atoms with van der Waals surface area (Å²) in [6, 6.07) is 7.20. The van der Waals surface area contributed by atoms with Gasteiger partial charge in [0.05, 0.1) is 12.4 Å². The number of carbonyl (C=O) groups excluding carboxylic acids is 1. The van der Waals surface area contributed by atoms with E-state index >= 15 is 0 Å². The first kappa shape index (κ1) is 20.1. The van der Waals surface area contributed by atoms with Crippen LogP contribution in [0.3, 0.4) is 0 Å². The molecule has 2 saturated heterocycles. The summed E-state index contributed by atoms with van der Waals surface area (Å²) in [4.78, 5) is 14.6. The Bertz CT molecular complexity index is 729. The number of sulfonamides is 1. The molecule has 2 atom stereocenters. The van der Waals surface area contributed by atoms with Crippen LogP contribution in [-0.2, 0) is 14.8 Å². The maximum atomic E-state index is 12.8. The van der Waals surface area contributed by atoms with E-state index < -0.39 is 10.0 Å². The molecule has 0 bridgehead atoms. The molecular weight excluding hydrogens is 368 g/mol. The summed E-state index contributed by atoms with van der Waals surface area (Å²) in [7, 11) is -3.21. The van der Waals surface area contributed by atoms with Crippen LogP contribution in [0.1, 0.15) is 36.0 Å².